The van der Waals surface area contributed by atoms with Gasteiger partial charge in [0.25, 0.3) is 5.91 Å². The molecule has 150 valence electrons. The molecule has 1 aliphatic heterocycles. The van der Waals surface area contributed by atoms with Gasteiger partial charge in [0, 0.05) is 31.3 Å². The van der Waals surface area contributed by atoms with Crippen LogP contribution in [0.25, 0.3) is 0 Å². The number of methoxy groups -OCH3 is 1. The monoisotopic (exact) mass is 391 g/mol. The third-order valence-corrected chi connectivity index (χ3v) is 5.40. The summed E-state index contributed by atoms with van der Waals surface area (Å²) in [4.78, 5) is 23.6. The Labute approximate surface area is 170 Å². The van der Waals surface area contributed by atoms with Crippen LogP contribution < -0.4 is 4.74 Å². The number of aryl methyl sites for hydroxylation is 1. The van der Waals surface area contributed by atoms with Gasteiger partial charge in [0.05, 0.1) is 19.2 Å². The molecule has 0 aliphatic carbocycles. The molecule has 0 radical (unpaired) electrons. The van der Waals surface area contributed by atoms with Crippen molar-refractivity contribution in [3.8, 4) is 5.75 Å². The lowest BCUT2D eigenvalue weighted by Crippen LogP contribution is -2.39. The summed E-state index contributed by atoms with van der Waals surface area (Å²) in [6.07, 6.45) is 5.96. The van der Waals surface area contributed by atoms with Gasteiger partial charge in [-0.3, -0.25) is 9.78 Å². The number of oxazole rings is 1. The van der Waals surface area contributed by atoms with Gasteiger partial charge < -0.3 is 14.1 Å². The molecule has 1 fully saturated rings. The number of ether oxygens (including phenoxy) is 1. The third-order valence-electron chi connectivity index (χ3n) is 5.40. The topological polar surface area (TPSA) is 68.5 Å². The highest BCUT2D eigenvalue weighted by molar-refractivity contribution is 5.93. The van der Waals surface area contributed by atoms with Crippen molar-refractivity contribution in [3.05, 3.63) is 77.3 Å². The predicted molar refractivity (Wildman–Crippen MR) is 109 cm³/mol. The molecule has 0 bridgehead atoms. The van der Waals surface area contributed by atoms with Gasteiger partial charge in [-0.15, -0.1) is 0 Å². The summed E-state index contributed by atoms with van der Waals surface area (Å²) in [6, 6.07) is 11.7. The van der Waals surface area contributed by atoms with Crippen molar-refractivity contribution in [2.75, 3.05) is 20.2 Å². The summed E-state index contributed by atoms with van der Waals surface area (Å²) in [7, 11) is 1.67. The zero-order valence-corrected chi connectivity index (χ0v) is 16.8. The fourth-order valence-corrected chi connectivity index (χ4v) is 3.85. The summed E-state index contributed by atoms with van der Waals surface area (Å²) in [5, 5.41) is 0. The number of carbonyl (C=O) groups is 1. The maximum atomic E-state index is 12.9. The van der Waals surface area contributed by atoms with Gasteiger partial charge in [0.15, 0.2) is 5.89 Å². The number of benzene rings is 1. The van der Waals surface area contributed by atoms with Crippen molar-refractivity contribution in [2.45, 2.75) is 32.1 Å². The van der Waals surface area contributed by atoms with E-state index in [0.717, 1.165) is 42.0 Å². The Bertz CT molecular complexity index is 998. The van der Waals surface area contributed by atoms with Crippen LogP contribution in [-0.2, 0) is 6.42 Å². The lowest BCUT2D eigenvalue weighted by atomic mass is 9.97. The molecule has 0 saturated carbocycles. The Hall–Kier alpha value is -3.15. The highest BCUT2D eigenvalue weighted by Gasteiger charge is 2.29. The molecule has 0 unspecified atom stereocenters. The average molecular weight is 391 g/mol. The van der Waals surface area contributed by atoms with E-state index in [2.05, 4.69) is 9.97 Å². The molecule has 1 saturated heterocycles. The summed E-state index contributed by atoms with van der Waals surface area (Å²) < 4.78 is 11.5. The number of hydrogen-bond acceptors (Lipinski definition) is 5. The van der Waals surface area contributed by atoms with Crippen LogP contribution in [-0.4, -0.2) is 41.0 Å². The van der Waals surface area contributed by atoms with Crippen LogP contribution in [0.1, 0.15) is 52.0 Å². The van der Waals surface area contributed by atoms with Gasteiger partial charge in [0.1, 0.15) is 17.2 Å². The first-order valence-corrected chi connectivity index (χ1v) is 9.93. The summed E-state index contributed by atoms with van der Waals surface area (Å²) in [5.41, 5.74) is 2.48. The van der Waals surface area contributed by atoms with Crippen LogP contribution in [0, 0.1) is 6.92 Å². The van der Waals surface area contributed by atoms with E-state index in [0.29, 0.717) is 24.6 Å². The van der Waals surface area contributed by atoms with Crippen LogP contribution in [0.15, 0.2) is 53.2 Å². The third kappa shape index (κ3) is 4.16. The molecule has 3 aromatic rings. The molecule has 29 heavy (non-hydrogen) atoms. The molecule has 4 rings (SSSR count). The first kappa shape index (κ1) is 19.2. The Morgan fingerprint density at radius 3 is 2.93 bits per heavy atom. The number of pyridine rings is 1. The van der Waals surface area contributed by atoms with Gasteiger partial charge in [-0.1, -0.05) is 24.3 Å². The van der Waals surface area contributed by atoms with E-state index in [4.69, 9.17) is 9.15 Å². The van der Waals surface area contributed by atoms with Gasteiger partial charge in [-0.2, -0.15) is 0 Å². The SMILES string of the molecule is COc1ccccc1Cc1cnc([C@H]2CCCN(C(=O)c3ncccc3C)C2)o1. The van der Waals surface area contributed by atoms with Gasteiger partial charge in [0.2, 0.25) is 0 Å². The van der Waals surface area contributed by atoms with Crippen molar-refractivity contribution in [1.82, 2.24) is 14.9 Å². The van der Waals surface area contributed by atoms with Crippen molar-refractivity contribution in [1.29, 1.82) is 0 Å². The Morgan fingerprint density at radius 2 is 2.10 bits per heavy atom. The lowest BCUT2D eigenvalue weighted by molar-refractivity contribution is 0.0691. The van der Waals surface area contributed by atoms with E-state index in [-0.39, 0.29) is 11.8 Å². The number of piperidine rings is 1. The average Bonchev–Trinajstić information content (AvgIpc) is 3.23. The molecule has 1 aromatic carbocycles. The molecule has 1 aliphatic rings. The van der Waals surface area contributed by atoms with Crippen molar-refractivity contribution in [3.63, 3.8) is 0 Å². The van der Waals surface area contributed by atoms with Crippen LogP contribution >= 0.6 is 0 Å². The number of nitrogens with zero attached hydrogens (tertiary/aromatic N) is 3. The molecule has 2 aromatic heterocycles. The van der Waals surface area contributed by atoms with E-state index < -0.39 is 0 Å². The number of amides is 1. The van der Waals surface area contributed by atoms with Crippen molar-refractivity contribution < 1.29 is 13.9 Å². The van der Waals surface area contributed by atoms with Crippen molar-refractivity contribution in [2.24, 2.45) is 0 Å². The van der Waals surface area contributed by atoms with Crippen molar-refractivity contribution >= 4 is 5.91 Å². The number of para-hydroxylation sites is 1. The fourth-order valence-electron chi connectivity index (χ4n) is 3.85. The van der Waals surface area contributed by atoms with Crippen LogP contribution in [0.4, 0.5) is 0 Å². The number of likely N-dealkylation sites (tertiary alicyclic amines) is 1. The maximum absolute atomic E-state index is 12.9. The predicted octanol–water partition coefficient (Wildman–Crippen LogP) is 4.00. The van der Waals surface area contributed by atoms with E-state index in [1.54, 1.807) is 19.5 Å². The van der Waals surface area contributed by atoms with E-state index in [9.17, 15) is 4.79 Å². The summed E-state index contributed by atoms with van der Waals surface area (Å²) in [5.74, 6) is 2.42. The van der Waals surface area contributed by atoms with E-state index in [1.807, 2.05) is 48.2 Å². The van der Waals surface area contributed by atoms with Gasteiger partial charge >= 0.3 is 0 Å². The molecule has 0 N–H and O–H groups in total. The second-order valence-corrected chi connectivity index (χ2v) is 7.41. The highest BCUT2D eigenvalue weighted by atomic mass is 16.5. The molecule has 6 heteroatoms. The summed E-state index contributed by atoms with van der Waals surface area (Å²) >= 11 is 0. The largest absolute Gasteiger partial charge is 0.496 e. The van der Waals surface area contributed by atoms with Crippen LogP contribution in [0.5, 0.6) is 5.75 Å². The Morgan fingerprint density at radius 1 is 1.24 bits per heavy atom. The number of aromatic nitrogens is 2. The minimum absolute atomic E-state index is 0.0198. The minimum Gasteiger partial charge on any atom is -0.496 e. The van der Waals surface area contributed by atoms with Crippen LogP contribution in [0.3, 0.4) is 0 Å². The van der Waals surface area contributed by atoms with E-state index >= 15 is 0 Å². The molecule has 1 amide bonds. The zero-order valence-electron chi connectivity index (χ0n) is 16.8. The maximum Gasteiger partial charge on any atom is 0.272 e. The molecular weight excluding hydrogens is 366 g/mol. The first-order valence-electron chi connectivity index (χ1n) is 9.93. The molecule has 0 spiro atoms. The first-order chi connectivity index (χ1) is 14.2. The standard InChI is InChI=1S/C23H25N3O3/c1-16-7-5-11-24-21(16)23(27)26-12-6-9-18(15-26)22-25-14-19(29-22)13-17-8-3-4-10-20(17)28-2/h3-5,7-8,10-11,14,18H,6,9,12-13,15H2,1-2H3/t18-/m0/s1. The second kappa shape index (κ2) is 8.47. The molecule has 6 nitrogen and oxygen atoms in total. The number of hydrogen-bond donors (Lipinski definition) is 0. The molecule has 1 atom stereocenters. The van der Waals surface area contributed by atoms with E-state index in [1.165, 1.54) is 0 Å². The molecular formula is C23H25N3O3. The normalized spacial score (nSPS) is 16.6. The number of rotatable bonds is 5. The Balaban J connectivity index is 1.47. The smallest absolute Gasteiger partial charge is 0.272 e. The Kier molecular flexibility index (Phi) is 5.60. The van der Waals surface area contributed by atoms with Gasteiger partial charge in [-0.05, 0) is 37.5 Å². The number of carbonyl (C=O) groups excluding carboxylic acids is 1. The van der Waals surface area contributed by atoms with Crippen LogP contribution in [0.2, 0.25) is 0 Å². The lowest BCUT2D eigenvalue weighted by Gasteiger charge is -2.31. The highest BCUT2D eigenvalue weighted by Crippen LogP contribution is 2.29. The summed E-state index contributed by atoms with van der Waals surface area (Å²) in [6.45, 7) is 3.25. The van der Waals surface area contributed by atoms with Gasteiger partial charge in [-0.25, -0.2) is 4.98 Å². The molecule has 3 heterocycles. The minimum atomic E-state index is -0.0198. The second-order valence-electron chi connectivity index (χ2n) is 7.41. The quantitative estimate of drug-likeness (QED) is 0.658. The zero-order chi connectivity index (χ0) is 20.2. The fraction of sp³-hybridized carbons (Fsp3) is 0.348.